The third-order valence-electron chi connectivity index (χ3n) is 12.0. The number of rotatable bonds is 4. The number of carbonyl (C=O) groups excluding carboxylic acids is 3. The second kappa shape index (κ2) is 9.19. The molecule has 0 spiro atoms. The van der Waals surface area contributed by atoms with Crippen LogP contribution < -0.4 is 0 Å². The molecule has 5 rings (SSSR count). The number of allylic oxidation sites excluding steroid dienone is 1. The van der Waals surface area contributed by atoms with Crippen LogP contribution in [-0.2, 0) is 23.9 Å². The topological polar surface area (TPSA) is 171 Å². The van der Waals surface area contributed by atoms with Crippen molar-refractivity contribution in [3.8, 4) is 0 Å². The van der Waals surface area contributed by atoms with Crippen LogP contribution in [0, 0.1) is 28.6 Å². The first-order valence-electron chi connectivity index (χ1n) is 14.3. The highest BCUT2D eigenvalue weighted by Gasteiger charge is 2.80. The van der Waals surface area contributed by atoms with E-state index >= 15 is 0 Å². The van der Waals surface area contributed by atoms with Crippen molar-refractivity contribution in [3.05, 3.63) is 23.3 Å². The fourth-order valence-corrected chi connectivity index (χ4v) is 9.44. The highest BCUT2D eigenvalue weighted by Crippen LogP contribution is 2.71. The number of carbonyl (C=O) groups is 3. The van der Waals surface area contributed by atoms with Crippen molar-refractivity contribution < 1.29 is 49.4 Å². The Labute approximate surface area is 234 Å². The maximum Gasteiger partial charge on any atom is 0.336 e. The largest absolute Gasteiger partial charge is 0.459 e. The molecule has 40 heavy (non-hydrogen) atoms. The molecule has 0 radical (unpaired) electrons. The Morgan fingerprint density at radius 3 is 2.48 bits per heavy atom. The number of ketones is 1. The predicted molar refractivity (Wildman–Crippen MR) is 140 cm³/mol. The Balaban J connectivity index is 1.60. The number of hydrogen-bond donors (Lipinski definition) is 5. The molecule has 5 N–H and O–H groups in total. The summed E-state index contributed by atoms with van der Waals surface area (Å²) in [7, 11) is 0. The van der Waals surface area contributed by atoms with Crippen molar-refractivity contribution in [3.63, 3.8) is 0 Å². The summed E-state index contributed by atoms with van der Waals surface area (Å²) in [4.78, 5) is 38.3. The normalized spacial score (nSPS) is 49.1. The molecule has 11 atom stereocenters. The predicted octanol–water partition coefficient (Wildman–Crippen LogP) is 1.11. The van der Waals surface area contributed by atoms with E-state index in [1.54, 1.807) is 33.8 Å². The summed E-state index contributed by atoms with van der Waals surface area (Å²) >= 11 is 0. The SMILES string of the molecule is CC(=O)OC1CC(O)(C(C)C2CC(C)=C(CO)C(=O)O2)C2(C)CCC3C(CC(O)C4(O)CC=CC(=O)C34C)C12O. The minimum absolute atomic E-state index is 0.0493. The smallest absolute Gasteiger partial charge is 0.336 e. The number of aliphatic hydroxyl groups excluding tert-OH is 2. The van der Waals surface area contributed by atoms with E-state index in [0.717, 1.165) is 0 Å². The summed E-state index contributed by atoms with van der Waals surface area (Å²) in [6.07, 6.45) is 0.519. The molecule has 0 saturated heterocycles. The first kappa shape index (κ1) is 29.4. The van der Waals surface area contributed by atoms with Gasteiger partial charge in [-0.3, -0.25) is 9.59 Å². The van der Waals surface area contributed by atoms with Crippen LogP contribution in [0.15, 0.2) is 23.3 Å². The van der Waals surface area contributed by atoms with Gasteiger partial charge in [-0.25, -0.2) is 4.79 Å². The summed E-state index contributed by atoms with van der Waals surface area (Å²) in [6, 6.07) is 0. The number of esters is 2. The molecule has 10 heteroatoms. The number of cyclic esters (lactones) is 1. The minimum atomic E-state index is -1.86. The zero-order valence-corrected chi connectivity index (χ0v) is 23.8. The lowest BCUT2D eigenvalue weighted by Gasteiger charge is -2.66. The summed E-state index contributed by atoms with van der Waals surface area (Å²) in [6.45, 7) is 7.64. The molecular weight excluding hydrogens is 520 g/mol. The second-order valence-corrected chi connectivity index (χ2v) is 13.3. The lowest BCUT2D eigenvalue weighted by Crippen LogP contribution is -2.75. The summed E-state index contributed by atoms with van der Waals surface area (Å²) in [5, 5.41) is 58.0. The van der Waals surface area contributed by atoms with Gasteiger partial charge in [0.1, 0.15) is 23.4 Å². The van der Waals surface area contributed by atoms with E-state index in [1.165, 1.54) is 13.0 Å². The van der Waals surface area contributed by atoms with Crippen molar-refractivity contribution in [2.45, 2.75) is 108 Å². The van der Waals surface area contributed by atoms with Crippen LogP contribution in [-0.4, -0.2) is 85.0 Å². The van der Waals surface area contributed by atoms with Crippen molar-refractivity contribution in [1.82, 2.24) is 0 Å². The molecule has 3 saturated carbocycles. The average molecular weight is 563 g/mol. The van der Waals surface area contributed by atoms with Crippen LogP contribution in [0.1, 0.15) is 73.1 Å². The maximum absolute atomic E-state index is 13.4. The van der Waals surface area contributed by atoms with Gasteiger partial charge in [0.05, 0.1) is 29.3 Å². The van der Waals surface area contributed by atoms with Crippen molar-refractivity contribution in [2.75, 3.05) is 6.61 Å². The minimum Gasteiger partial charge on any atom is -0.459 e. The number of hydrogen-bond acceptors (Lipinski definition) is 10. The second-order valence-electron chi connectivity index (χ2n) is 13.3. The van der Waals surface area contributed by atoms with Crippen LogP contribution in [0.5, 0.6) is 0 Å². The molecule has 0 amide bonds. The van der Waals surface area contributed by atoms with E-state index in [2.05, 4.69) is 0 Å². The Morgan fingerprint density at radius 2 is 1.88 bits per heavy atom. The van der Waals surface area contributed by atoms with E-state index < -0.39 is 82.2 Å². The van der Waals surface area contributed by atoms with Gasteiger partial charge < -0.3 is 35.0 Å². The zero-order chi connectivity index (χ0) is 29.6. The number of ether oxygens (including phenoxy) is 2. The van der Waals surface area contributed by atoms with Gasteiger partial charge in [-0.1, -0.05) is 25.5 Å². The molecule has 1 heterocycles. The molecule has 0 aromatic heterocycles. The third kappa shape index (κ3) is 3.43. The van der Waals surface area contributed by atoms with Crippen LogP contribution in [0.3, 0.4) is 0 Å². The molecule has 5 aliphatic rings. The molecule has 11 unspecified atom stereocenters. The summed E-state index contributed by atoms with van der Waals surface area (Å²) < 4.78 is 11.4. The van der Waals surface area contributed by atoms with Crippen molar-refractivity contribution in [2.24, 2.45) is 28.6 Å². The molecule has 3 fully saturated rings. The van der Waals surface area contributed by atoms with Crippen LogP contribution in [0.2, 0.25) is 0 Å². The number of aliphatic hydroxyl groups is 5. The molecule has 0 aromatic carbocycles. The van der Waals surface area contributed by atoms with E-state index in [9.17, 15) is 39.9 Å². The van der Waals surface area contributed by atoms with Gasteiger partial charge >= 0.3 is 11.9 Å². The molecule has 10 nitrogen and oxygen atoms in total. The average Bonchev–Trinajstić information content (AvgIpc) is 3.04. The molecular formula is C30H42O10. The van der Waals surface area contributed by atoms with E-state index in [1.807, 2.05) is 0 Å². The quantitative estimate of drug-likeness (QED) is 0.313. The van der Waals surface area contributed by atoms with E-state index in [-0.39, 0.29) is 43.5 Å². The maximum atomic E-state index is 13.4. The molecule has 0 bridgehead atoms. The van der Waals surface area contributed by atoms with Gasteiger partial charge in [0.2, 0.25) is 0 Å². The number of fused-ring (bicyclic) bond motifs is 5. The fraction of sp³-hybridized carbons (Fsp3) is 0.767. The Kier molecular flexibility index (Phi) is 6.75. The van der Waals surface area contributed by atoms with Crippen molar-refractivity contribution >= 4 is 17.7 Å². The highest BCUT2D eigenvalue weighted by molar-refractivity contribution is 5.97. The van der Waals surface area contributed by atoms with Gasteiger partial charge in [-0.2, -0.15) is 0 Å². The van der Waals surface area contributed by atoms with Crippen LogP contribution in [0.4, 0.5) is 0 Å². The third-order valence-corrected chi connectivity index (χ3v) is 12.0. The zero-order valence-electron chi connectivity index (χ0n) is 23.8. The van der Waals surface area contributed by atoms with E-state index in [0.29, 0.717) is 12.0 Å². The molecule has 0 aromatic rings. The van der Waals surface area contributed by atoms with Crippen LogP contribution >= 0.6 is 0 Å². The molecule has 222 valence electrons. The van der Waals surface area contributed by atoms with Gasteiger partial charge in [-0.05, 0) is 57.4 Å². The lowest BCUT2D eigenvalue weighted by atomic mass is 9.41. The molecule has 4 aliphatic carbocycles. The fourth-order valence-electron chi connectivity index (χ4n) is 9.44. The Hall–Kier alpha value is -2.11. The summed E-state index contributed by atoms with van der Waals surface area (Å²) in [5.74, 6) is -3.69. The molecule has 1 aliphatic heterocycles. The Bertz CT molecular complexity index is 1190. The monoisotopic (exact) mass is 562 g/mol. The Morgan fingerprint density at radius 1 is 1.20 bits per heavy atom. The van der Waals surface area contributed by atoms with Crippen LogP contribution in [0.25, 0.3) is 0 Å². The van der Waals surface area contributed by atoms with Gasteiger partial charge in [0.15, 0.2) is 5.78 Å². The standard InChI is InChI=1S/C30H42O10/c1-15-11-21(40-25(35)18(15)14-31)16(2)29(37)13-24(39-17(3)32)30(38)20-12-23(34)28(36)9-6-7-22(33)27(28,5)19(20)8-10-26(29,30)4/h6-7,16,19-21,23-24,31,34,36-38H,8-14H2,1-5H3. The van der Waals surface area contributed by atoms with Gasteiger partial charge in [0, 0.05) is 31.1 Å². The van der Waals surface area contributed by atoms with Gasteiger partial charge in [0.25, 0.3) is 0 Å². The summed E-state index contributed by atoms with van der Waals surface area (Å²) in [5.41, 5.74) is -7.09. The lowest BCUT2D eigenvalue weighted by molar-refractivity contribution is -0.291. The van der Waals surface area contributed by atoms with Crippen molar-refractivity contribution in [1.29, 1.82) is 0 Å². The van der Waals surface area contributed by atoms with Gasteiger partial charge in [-0.15, -0.1) is 0 Å². The first-order chi connectivity index (χ1) is 18.5. The first-order valence-corrected chi connectivity index (χ1v) is 14.3. The highest BCUT2D eigenvalue weighted by atomic mass is 16.6. The van der Waals surface area contributed by atoms with E-state index in [4.69, 9.17) is 9.47 Å².